The predicted octanol–water partition coefficient (Wildman–Crippen LogP) is 2.56. The van der Waals surface area contributed by atoms with Gasteiger partial charge in [-0.1, -0.05) is 6.07 Å². The van der Waals surface area contributed by atoms with Crippen LogP contribution in [-0.2, 0) is 0 Å². The Morgan fingerprint density at radius 3 is 2.85 bits per heavy atom. The molecule has 1 atom stereocenters. The average molecular weight is 275 g/mol. The summed E-state index contributed by atoms with van der Waals surface area (Å²) in [5.74, 6) is 0.656. The van der Waals surface area contributed by atoms with Gasteiger partial charge in [0.05, 0.1) is 4.92 Å². The number of nitro benzene ring substituents is 1. The fraction of sp³-hybridized carbons (Fsp3) is 0.600. The molecule has 0 radical (unpaired) electrons. The van der Waals surface area contributed by atoms with Crippen molar-refractivity contribution >= 4 is 11.4 Å². The lowest BCUT2D eigenvalue weighted by Gasteiger charge is -2.31. The highest BCUT2D eigenvalue weighted by atomic mass is 16.6. The van der Waals surface area contributed by atoms with Gasteiger partial charge in [0, 0.05) is 30.4 Å². The summed E-state index contributed by atoms with van der Waals surface area (Å²) >= 11 is 0. The highest BCUT2D eigenvalue weighted by molar-refractivity contribution is 5.54. The Bertz CT molecular complexity index is 482. The Morgan fingerprint density at radius 1 is 1.35 bits per heavy atom. The molecule has 1 unspecified atom stereocenters. The molecule has 1 aromatic rings. The lowest BCUT2D eigenvalue weighted by Crippen LogP contribution is -2.39. The second-order valence-electron chi connectivity index (χ2n) is 5.87. The molecular weight excluding hydrogens is 254 g/mol. The van der Waals surface area contributed by atoms with Crippen LogP contribution >= 0.6 is 0 Å². The number of benzene rings is 1. The highest BCUT2D eigenvalue weighted by Crippen LogP contribution is 2.34. The van der Waals surface area contributed by atoms with E-state index in [9.17, 15) is 10.1 Å². The normalized spacial score (nSPS) is 22.5. The molecule has 1 N–H and O–H groups in total. The van der Waals surface area contributed by atoms with Crippen LogP contribution in [0.3, 0.4) is 0 Å². The number of hydrogen-bond donors (Lipinski definition) is 1. The zero-order chi connectivity index (χ0) is 13.9. The molecule has 1 aliphatic carbocycles. The molecule has 5 heteroatoms. The third-order valence-electron chi connectivity index (χ3n) is 4.21. The lowest BCUT2D eigenvalue weighted by molar-refractivity contribution is -0.384. The second-order valence-corrected chi connectivity index (χ2v) is 5.87. The molecule has 1 heterocycles. The highest BCUT2D eigenvalue weighted by Gasteiger charge is 2.31. The first-order chi connectivity index (χ1) is 9.74. The van der Waals surface area contributed by atoms with Gasteiger partial charge in [0.1, 0.15) is 0 Å². The summed E-state index contributed by atoms with van der Waals surface area (Å²) in [5, 5.41) is 14.4. The third-order valence-corrected chi connectivity index (χ3v) is 4.21. The van der Waals surface area contributed by atoms with E-state index in [2.05, 4.69) is 10.2 Å². The minimum Gasteiger partial charge on any atom is -0.368 e. The summed E-state index contributed by atoms with van der Waals surface area (Å²) in [7, 11) is 0. The molecule has 0 spiro atoms. The van der Waals surface area contributed by atoms with E-state index in [1.807, 2.05) is 6.07 Å². The fourth-order valence-electron chi connectivity index (χ4n) is 2.99. The molecule has 1 saturated carbocycles. The molecule has 2 aliphatic rings. The Kier molecular flexibility index (Phi) is 3.87. The lowest BCUT2D eigenvalue weighted by atomic mass is 9.98. The zero-order valence-corrected chi connectivity index (χ0v) is 11.6. The maximum atomic E-state index is 10.9. The van der Waals surface area contributed by atoms with E-state index >= 15 is 0 Å². The minimum absolute atomic E-state index is 0.190. The summed E-state index contributed by atoms with van der Waals surface area (Å²) in [5.41, 5.74) is 1.20. The first kappa shape index (κ1) is 13.4. The van der Waals surface area contributed by atoms with Gasteiger partial charge in [-0.05, 0) is 50.8 Å². The molecule has 5 nitrogen and oxygen atoms in total. The standard InChI is InChI=1S/C15H21N3O2/c19-18(20)15-5-1-4-14(9-15)17(13-6-7-13)11-12-3-2-8-16-10-12/h1,4-5,9,12-13,16H,2-3,6-8,10-11H2. The number of non-ortho nitro benzene ring substituents is 1. The quantitative estimate of drug-likeness (QED) is 0.663. The van der Waals surface area contributed by atoms with Crippen LogP contribution in [0.4, 0.5) is 11.4 Å². The Hall–Kier alpha value is -1.62. The predicted molar refractivity (Wildman–Crippen MR) is 79.1 cm³/mol. The van der Waals surface area contributed by atoms with Gasteiger partial charge in [0.25, 0.3) is 5.69 Å². The number of anilines is 1. The molecule has 1 aliphatic heterocycles. The van der Waals surface area contributed by atoms with Gasteiger partial charge in [0.2, 0.25) is 0 Å². The Labute approximate surface area is 119 Å². The minimum atomic E-state index is -0.309. The number of nitrogens with zero attached hydrogens (tertiary/aromatic N) is 2. The van der Waals surface area contributed by atoms with Crippen LogP contribution in [-0.4, -0.2) is 30.6 Å². The van der Waals surface area contributed by atoms with Crippen molar-refractivity contribution in [2.24, 2.45) is 5.92 Å². The van der Waals surface area contributed by atoms with Crippen molar-refractivity contribution in [3.05, 3.63) is 34.4 Å². The Morgan fingerprint density at radius 2 is 2.20 bits per heavy atom. The van der Waals surface area contributed by atoms with E-state index in [1.165, 1.54) is 25.7 Å². The number of nitro groups is 1. The van der Waals surface area contributed by atoms with E-state index < -0.39 is 0 Å². The van der Waals surface area contributed by atoms with Gasteiger partial charge in [-0.25, -0.2) is 0 Å². The van der Waals surface area contributed by atoms with Crippen LogP contribution in [0.2, 0.25) is 0 Å². The molecule has 2 fully saturated rings. The van der Waals surface area contributed by atoms with Crippen LogP contribution in [0.15, 0.2) is 24.3 Å². The number of piperidine rings is 1. The van der Waals surface area contributed by atoms with Crippen LogP contribution in [0, 0.1) is 16.0 Å². The van der Waals surface area contributed by atoms with Gasteiger partial charge < -0.3 is 10.2 Å². The second kappa shape index (κ2) is 5.79. The first-order valence-corrected chi connectivity index (χ1v) is 7.46. The summed E-state index contributed by atoms with van der Waals surface area (Å²) in [6.07, 6.45) is 4.91. The summed E-state index contributed by atoms with van der Waals surface area (Å²) < 4.78 is 0. The largest absolute Gasteiger partial charge is 0.368 e. The van der Waals surface area contributed by atoms with Crippen molar-refractivity contribution in [1.82, 2.24) is 5.32 Å². The van der Waals surface area contributed by atoms with E-state index in [4.69, 9.17) is 0 Å². The monoisotopic (exact) mass is 275 g/mol. The number of hydrogen-bond acceptors (Lipinski definition) is 4. The van der Waals surface area contributed by atoms with Crippen LogP contribution in [0.25, 0.3) is 0 Å². The molecular formula is C15H21N3O2. The third kappa shape index (κ3) is 3.10. The van der Waals surface area contributed by atoms with Crippen molar-refractivity contribution in [2.45, 2.75) is 31.7 Å². The zero-order valence-electron chi connectivity index (χ0n) is 11.6. The molecule has 1 saturated heterocycles. The van der Waals surface area contributed by atoms with E-state index in [0.717, 1.165) is 25.3 Å². The topological polar surface area (TPSA) is 58.4 Å². The van der Waals surface area contributed by atoms with Gasteiger partial charge in [-0.15, -0.1) is 0 Å². The molecule has 0 amide bonds. The van der Waals surface area contributed by atoms with Crippen molar-refractivity contribution in [2.75, 3.05) is 24.5 Å². The van der Waals surface area contributed by atoms with E-state index in [0.29, 0.717) is 12.0 Å². The maximum absolute atomic E-state index is 10.9. The smallest absolute Gasteiger partial charge is 0.271 e. The van der Waals surface area contributed by atoms with Gasteiger partial charge in [0.15, 0.2) is 0 Å². The molecule has 3 rings (SSSR count). The van der Waals surface area contributed by atoms with Gasteiger partial charge in [-0.3, -0.25) is 10.1 Å². The van der Waals surface area contributed by atoms with Crippen LogP contribution in [0.5, 0.6) is 0 Å². The van der Waals surface area contributed by atoms with E-state index in [1.54, 1.807) is 18.2 Å². The first-order valence-electron chi connectivity index (χ1n) is 7.46. The SMILES string of the molecule is O=[N+]([O-])c1cccc(N(CC2CCCNC2)C2CC2)c1. The van der Waals surface area contributed by atoms with Gasteiger partial charge in [-0.2, -0.15) is 0 Å². The summed E-state index contributed by atoms with van der Waals surface area (Å²) in [4.78, 5) is 13.0. The molecule has 0 bridgehead atoms. The summed E-state index contributed by atoms with van der Waals surface area (Å²) in [6.45, 7) is 3.20. The van der Waals surface area contributed by atoms with Crippen LogP contribution < -0.4 is 10.2 Å². The van der Waals surface area contributed by atoms with E-state index in [-0.39, 0.29) is 10.6 Å². The average Bonchev–Trinajstić information content (AvgIpc) is 3.30. The van der Waals surface area contributed by atoms with Gasteiger partial charge >= 0.3 is 0 Å². The van der Waals surface area contributed by atoms with Crippen molar-refractivity contribution in [3.8, 4) is 0 Å². The number of nitrogens with one attached hydrogen (secondary N) is 1. The van der Waals surface area contributed by atoms with Crippen molar-refractivity contribution < 1.29 is 4.92 Å². The molecule has 1 aromatic carbocycles. The van der Waals surface area contributed by atoms with Crippen molar-refractivity contribution in [3.63, 3.8) is 0 Å². The number of rotatable bonds is 5. The maximum Gasteiger partial charge on any atom is 0.271 e. The molecule has 0 aromatic heterocycles. The fourth-order valence-corrected chi connectivity index (χ4v) is 2.99. The Balaban J connectivity index is 1.75. The van der Waals surface area contributed by atoms with Crippen LogP contribution in [0.1, 0.15) is 25.7 Å². The van der Waals surface area contributed by atoms with Crippen molar-refractivity contribution in [1.29, 1.82) is 0 Å². The molecule has 108 valence electrons. The summed E-state index contributed by atoms with van der Waals surface area (Å²) in [6, 6.07) is 7.66. The molecule has 20 heavy (non-hydrogen) atoms.